The molecule has 3 nitrogen and oxygen atoms in total. The fraction of sp³-hybridized carbons (Fsp3) is 0.786. The van der Waals surface area contributed by atoms with Crippen molar-refractivity contribution in [2.24, 2.45) is 5.92 Å². The Hall–Kier alpha value is 0.130. The van der Waals surface area contributed by atoms with Crippen molar-refractivity contribution in [2.75, 3.05) is 13.1 Å². The third-order valence-electron chi connectivity index (χ3n) is 4.11. The minimum atomic E-state index is 0.643. The maximum atomic E-state index is 4.57. The Kier molecular flexibility index (Phi) is 5.49. The molecule has 108 valence electrons. The van der Waals surface area contributed by atoms with Gasteiger partial charge in [0.15, 0.2) is 0 Å². The quantitative estimate of drug-likeness (QED) is 0.722. The van der Waals surface area contributed by atoms with Gasteiger partial charge >= 0.3 is 0 Å². The van der Waals surface area contributed by atoms with Gasteiger partial charge in [-0.3, -0.25) is 9.58 Å². The molecule has 0 N–H and O–H groups in total. The molecule has 1 aromatic heterocycles. The molecule has 1 saturated heterocycles. The summed E-state index contributed by atoms with van der Waals surface area (Å²) in [4.78, 5) is 3.20. The summed E-state index contributed by atoms with van der Waals surface area (Å²) in [5, 5.41) is 4.57. The summed E-state index contributed by atoms with van der Waals surface area (Å²) in [6, 6.07) is 0. The van der Waals surface area contributed by atoms with Gasteiger partial charge in [0.2, 0.25) is 0 Å². The number of rotatable bonds is 4. The third-order valence-corrected chi connectivity index (χ3v) is 5.89. The van der Waals surface area contributed by atoms with Gasteiger partial charge in [-0.15, -0.1) is 0 Å². The lowest BCUT2D eigenvalue weighted by Gasteiger charge is -2.33. The van der Waals surface area contributed by atoms with Gasteiger partial charge in [0, 0.05) is 17.9 Å². The topological polar surface area (TPSA) is 21.1 Å². The lowest BCUT2D eigenvalue weighted by molar-refractivity contribution is 0.174. The van der Waals surface area contributed by atoms with Gasteiger partial charge in [-0.05, 0) is 61.6 Å². The SMILES string of the molecule is CCn1nc(C)c(Br)c1CN1CCC(C(C)Br)CC1. The van der Waals surface area contributed by atoms with Crippen LogP contribution >= 0.6 is 31.9 Å². The molecule has 0 radical (unpaired) electrons. The fourth-order valence-corrected chi connectivity index (χ4v) is 3.74. The predicted octanol–water partition coefficient (Wildman–Crippen LogP) is 3.97. The first-order valence-corrected chi connectivity index (χ1v) is 8.82. The van der Waals surface area contributed by atoms with Crippen molar-refractivity contribution in [1.82, 2.24) is 14.7 Å². The molecule has 0 spiro atoms. The van der Waals surface area contributed by atoms with E-state index in [2.05, 4.69) is 67.3 Å². The number of aryl methyl sites for hydroxylation is 2. The number of aromatic nitrogens is 2. The lowest BCUT2D eigenvalue weighted by atomic mass is 9.94. The summed E-state index contributed by atoms with van der Waals surface area (Å²) in [6.07, 6.45) is 2.59. The van der Waals surface area contributed by atoms with E-state index in [4.69, 9.17) is 0 Å². The molecule has 5 heteroatoms. The molecular formula is C14H23Br2N3. The highest BCUT2D eigenvalue weighted by molar-refractivity contribution is 9.10. The molecule has 1 fully saturated rings. The number of piperidine rings is 1. The molecule has 1 atom stereocenters. The molecular weight excluding hydrogens is 370 g/mol. The van der Waals surface area contributed by atoms with Crippen LogP contribution in [0.2, 0.25) is 0 Å². The van der Waals surface area contributed by atoms with Crippen LogP contribution in [0.4, 0.5) is 0 Å². The molecule has 0 amide bonds. The van der Waals surface area contributed by atoms with Crippen molar-refractivity contribution in [1.29, 1.82) is 0 Å². The molecule has 1 aromatic rings. The van der Waals surface area contributed by atoms with E-state index in [0.29, 0.717) is 4.83 Å². The number of likely N-dealkylation sites (tertiary alicyclic amines) is 1. The molecule has 0 aliphatic carbocycles. The Morgan fingerprint density at radius 3 is 2.53 bits per heavy atom. The van der Waals surface area contributed by atoms with E-state index < -0.39 is 0 Å². The normalized spacial score (nSPS) is 19.8. The highest BCUT2D eigenvalue weighted by Crippen LogP contribution is 2.28. The van der Waals surface area contributed by atoms with Crippen LogP contribution in [-0.4, -0.2) is 32.6 Å². The van der Waals surface area contributed by atoms with Crippen molar-refractivity contribution in [2.45, 2.75) is 51.5 Å². The van der Waals surface area contributed by atoms with Gasteiger partial charge in [-0.1, -0.05) is 22.9 Å². The molecule has 0 aromatic carbocycles. The third kappa shape index (κ3) is 3.61. The molecule has 1 aliphatic heterocycles. The van der Waals surface area contributed by atoms with Gasteiger partial charge in [0.1, 0.15) is 0 Å². The van der Waals surface area contributed by atoms with Crippen LogP contribution in [-0.2, 0) is 13.1 Å². The number of alkyl halides is 1. The second-order valence-electron chi connectivity index (χ2n) is 5.45. The highest BCUT2D eigenvalue weighted by Gasteiger charge is 2.24. The Bertz CT molecular complexity index is 421. The van der Waals surface area contributed by atoms with Crippen LogP contribution < -0.4 is 0 Å². The predicted molar refractivity (Wildman–Crippen MR) is 86.7 cm³/mol. The van der Waals surface area contributed by atoms with E-state index in [9.17, 15) is 0 Å². The van der Waals surface area contributed by atoms with Crippen LogP contribution in [0.3, 0.4) is 0 Å². The van der Waals surface area contributed by atoms with E-state index >= 15 is 0 Å². The number of hydrogen-bond donors (Lipinski definition) is 0. The minimum Gasteiger partial charge on any atom is -0.297 e. The monoisotopic (exact) mass is 391 g/mol. The average Bonchev–Trinajstić information content (AvgIpc) is 2.67. The van der Waals surface area contributed by atoms with Gasteiger partial charge in [-0.25, -0.2) is 0 Å². The largest absolute Gasteiger partial charge is 0.297 e. The zero-order valence-electron chi connectivity index (χ0n) is 12.0. The summed E-state index contributed by atoms with van der Waals surface area (Å²) in [5.41, 5.74) is 2.42. The summed E-state index contributed by atoms with van der Waals surface area (Å²) in [7, 11) is 0. The zero-order valence-corrected chi connectivity index (χ0v) is 15.2. The minimum absolute atomic E-state index is 0.643. The fourth-order valence-electron chi connectivity index (χ4n) is 2.80. The zero-order chi connectivity index (χ0) is 14.0. The molecule has 0 saturated carbocycles. The average molecular weight is 393 g/mol. The van der Waals surface area contributed by atoms with Crippen molar-refractivity contribution in [3.05, 3.63) is 15.9 Å². The molecule has 1 unspecified atom stereocenters. The first kappa shape index (κ1) is 15.5. The second kappa shape index (κ2) is 6.72. The summed E-state index contributed by atoms with van der Waals surface area (Å²) in [5.74, 6) is 0.831. The molecule has 1 aliphatic rings. The van der Waals surface area contributed by atoms with E-state index in [0.717, 1.165) is 24.7 Å². The van der Waals surface area contributed by atoms with E-state index in [-0.39, 0.29) is 0 Å². The Morgan fingerprint density at radius 1 is 1.37 bits per heavy atom. The van der Waals surface area contributed by atoms with Gasteiger partial charge in [-0.2, -0.15) is 5.10 Å². The van der Waals surface area contributed by atoms with Crippen LogP contribution in [0.1, 0.15) is 38.1 Å². The molecule has 19 heavy (non-hydrogen) atoms. The summed E-state index contributed by atoms with van der Waals surface area (Å²) < 4.78 is 3.31. The molecule has 2 rings (SSSR count). The van der Waals surface area contributed by atoms with E-state index in [1.54, 1.807) is 0 Å². The lowest BCUT2D eigenvalue weighted by Crippen LogP contribution is -2.36. The number of nitrogens with zero attached hydrogens (tertiary/aromatic N) is 3. The van der Waals surface area contributed by atoms with E-state index in [1.807, 2.05) is 0 Å². The second-order valence-corrected chi connectivity index (χ2v) is 7.69. The standard InChI is InChI=1S/C14H23Br2N3/c1-4-19-13(14(16)11(3)17-19)9-18-7-5-12(6-8-18)10(2)15/h10,12H,4-9H2,1-3H3. The van der Waals surface area contributed by atoms with Crippen molar-refractivity contribution in [3.8, 4) is 0 Å². The van der Waals surface area contributed by atoms with Crippen LogP contribution in [0.5, 0.6) is 0 Å². The van der Waals surface area contributed by atoms with E-state index in [1.165, 1.54) is 36.1 Å². The van der Waals surface area contributed by atoms with Gasteiger partial charge < -0.3 is 0 Å². The Labute approximate surface area is 133 Å². The number of hydrogen-bond acceptors (Lipinski definition) is 2. The number of halogens is 2. The van der Waals surface area contributed by atoms with Gasteiger partial charge in [0.05, 0.1) is 15.9 Å². The summed E-state index contributed by atoms with van der Waals surface area (Å²) in [6.45, 7) is 10.8. The first-order valence-electron chi connectivity index (χ1n) is 7.11. The molecule has 0 bridgehead atoms. The van der Waals surface area contributed by atoms with Crippen molar-refractivity contribution < 1.29 is 0 Å². The van der Waals surface area contributed by atoms with Gasteiger partial charge in [0.25, 0.3) is 0 Å². The summed E-state index contributed by atoms with van der Waals surface area (Å²) >= 11 is 7.41. The maximum absolute atomic E-state index is 4.57. The maximum Gasteiger partial charge on any atom is 0.0739 e. The van der Waals surface area contributed by atoms with Crippen LogP contribution in [0.15, 0.2) is 4.47 Å². The Balaban J connectivity index is 1.99. The van der Waals surface area contributed by atoms with Crippen molar-refractivity contribution in [3.63, 3.8) is 0 Å². The molecule has 2 heterocycles. The van der Waals surface area contributed by atoms with Crippen molar-refractivity contribution >= 4 is 31.9 Å². The van der Waals surface area contributed by atoms with Crippen LogP contribution in [0, 0.1) is 12.8 Å². The Morgan fingerprint density at radius 2 is 2.00 bits per heavy atom. The first-order chi connectivity index (χ1) is 9.02. The van der Waals surface area contributed by atoms with Crippen LogP contribution in [0.25, 0.3) is 0 Å². The smallest absolute Gasteiger partial charge is 0.0739 e. The highest BCUT2D eigenvalue weighted by atomic mass is 79.9.